The molecule has 0 aliphatic heterocycles. The molecule has 0 atom stereocenters. The number of fused-ring (bicyclic) bond motifs is 2. The second-order valence-corrected chi connectivity index (χ2v) is 6.03. The van der Waals surface area contributed by atoms with Gasteiger partial charge >= 0.3 is 0 Å². The first kappa shape index (κ1) is 14.7. The van der Waals surface area contributed by atoms with Gasteiger partial charge < -0.3 is 5.32 Å². The highest BCUT2D eigenvalue weighted by Gasteiger charge is 2.18. The number of aromatic nitrogens is 5. The molecule has 0 radical (unpaired) electrons. The van der Waals surface area contributed by atoms with Crippen LogP contribution in [0.3, 0.4) is 0 Å². The van der Waals surface area contributed by atoms with Crippen LogP contribution in [0.2, 0.25) is 0 Å². The lowest BCUT2D eigenvalue weighted by atomic mass is 10.0. The number of hydrogen-bond acceptors (Lipinski definition) is 6. The van der Waals surface area contributed by atoms with Crippen LogP contribution in [0.5, 0.6) is 0 Å². The molecule has 6 heteroatoms. The van der Waals surface area contributed by atoms with Crippen molar-refractivity contribution in [3.05, 3.63) is 84.3 Å². The molecule has 0 saturated heterocycles. The third-order valence-electron chi connectivity index (χ3n) is 4.41. The van der Waals surface area contributed by atoms with Crippen molar-refractivity contribution >= 4 is 28.1 Å². The minimum absolute atomic E-state index is 0.594. The summed E-state index contributed by atoms with van der Waals surface area (Å²) < 4.78 is 0. The Labute approximate surface area is 149 Å². The molecule has 0 bridgehead atoms. The lowest BCUT2D eigenvalue weighted by molar-refractivity contribution is 1.06. The highest BCUT2D eigenvalue weighted by Crippen LogP contribution is 2.33. The molecule has 1 aliphatic rings. The average molecular weight is 338 g/mol. The number of rotatable bonds is 3. The molecule has 0 fully saturated rings. The van der Waals surface area contributed by atoms with Gasteiger partial charge in [-0.05, 0) is 35.4 Å². The number of nitrogens with zero attached hydrogens (tertiary/aromatic N) is 5. The summed E-state index contributed by atoms with van der Waals surface area (Å²) in [5, 5.41) is 4.23. The predicted octanol–water partition coefficient (Wildman–Crippen LogP) is 3.55. The summed E-state index contributed by atoms with van der Waals surface area (Å²) >= 11 is 0. The quantitative estimate of drug-likeness (QED) is 0.616. The van der Waals surface area contributed by atoms with Crippen molar-refractivity contribution in [2.45, 2.75) is 6.42 Å². The molecule has 0 saturated carbocycles. The maximum absolute atomic E-state index is 4.67. The number of allylic oxidation sites excluding steroid dienone is 1. The summed E-state index contributed by atoms with van der Waals surface area (Å²) in [4.78, 5) is 21.5. The van der Waals surface area contributed by atoms with E-state index in [-0.39, 0.29) is 0 Å². The maximum atomic E-state index is 4.67. The molecular formula is C20H14N6. The molecule has 124 valence electrons. The molecule has 26 heavy (non-hydrogen) atoms. The molecule has 3 aromatic heterocycles. The molecular weight excluding hydrogens is 324 g/mol. The van der Waals surface area contributed by atoms with Gasteiger partial charge in [0.15, 0.2) is 0 Å². The summed E-state index contributed by atoms with van der Waals surface area (Å²) in [5.74, 6) is 0.594. The second kappa shape index (κ2) is 6.00. The van der Waals surface area contributed by atoms with Crippen molar-refractivity contribution in [3.8, 4) is 0 Å². The van der Waals surface area contributed by atoms with Crippen LogP contribution in [0.4, 0.5) is 11.6 Å². The fraction of sp³-hybridized carbons (Fsp3) is 0.0500. The van der Waals surface area contributed by atoms with E-state index in [9.17, 15) is 0 Å². The Morgan fingerprint density at radius 2 is 1.85 bits per heavy atom. The summed E-state index contributed by atoms with van der Waals surface area (Å²) in [7, 11) is 0. The van der Waals surface area contributed by atoms with Crippen LogP contribution in [-0.2, 0) is 6.42 Å². The number of pyridine rings is 1. The van der Waals surface area contributed by atoms with Crippen molar-refractivity contribution in [1.82, 2.24) is 24.9 Å². The Balaban J connectivity index is 1.47. The molecule has 3 heterocycles. The molecule has 0 spiro atoms. The van der Waals surface area contributed by atoms with Crippen LogP contribution in [0, 0.1) is 0 Å². The van der Waals surface area contributed by atoms with E-state index in [1.54, 1.807) is 18.7 Å². The largest absolute Gasteiger partial charge is 0.324 e. The van der Waals surface area contributed by atoms with E-state index < -0.39 is 0 Å². The van der Waals surface area contributed by atoms with Gasteiger partial charge in [-0.15, -0.1) is 0 Å². The smallest absolute Gasteiger partial charge is 0.227 e. The van der Waals surface area contributed by atoms with Gasteiger partial charge in [0.25, 0.3) is 0 Å². The monoisotopic (exact) mass is 338 g/mol. The zero-order valence-corrected chi connectivity index (χ0v) is 13.8. The molecule has 4 aromatic rings. The van der Waals surface area contributed by atoms with Gasteiger partial charge in [0, 0.05) is 47.8 Å². The van der Waals surface area contributed by atoms with E-state index in [0.717, 1.165) is 45.4 Å². The zero-order chi connectivity index (χ0) is 17.3. The maximum Gasteiger partial charge on any atom is 0.227 e. The van der Waals surface area contributed by atoms with Crippen molar-refractivity contribution < 1.29 is 0 Å². The van der Waals surface area contributed by atoms with Crippen LogP contribution in [0.15, 0.2) is 67.5 Å². The Morgan fingerprint density at radius 1 is 0.923 bits per heavy atom. The molecule has 5 rings (SSSR count). The lowest BCUT2D eigenvalue weighted by Crippen LogP contribution is -2.01. The Morgan fingerprint density at radius 3 is 2.77 bits per heavy atom. The minimum Gasteiger partial charge on any atom is -0.324 e. The second-order valence-electron chi connectivity index (χ2n) is 6.03. The van der Waals surface area contributed by atoms with E-state index in [4.69, 9.17) is 0 Å². The predicted molar refractivity (Wildman–Crippen MR) is 99.9 cm³/mol. The van der Waals surface area contributed by atoms with Crippen LogP contribution in [0.25, 0.3) is 16.5 Å². The van der Waals surface area contributed by atoms with Gasteiger partial charge in [0.05, 0.1) is 11.2 Å². The first-order valence-electron chi connectivity index (χ1n) is 8.30. The fourth-order valence-electron chi connectivity index (χ4n) is 3.16. The van der Waals surface area contributed by atoms with E-state index >= 15 is 0 Å². The Bertz CT molecular complexity index is 1140. The summed E-state index contributed by atoms with van der Waals surface area (Å²) in [6, 6.07) is 9.99. The topological polar surface area (TPSA) is 76.5 Å². The lowest BCUT2D eigenvalue weighted by Gasteiger charge is -2.09. The number of benzene rings is 1. The molecule has 0 amide bonds. The van der Waals surface area contributed by atoms with E-state index in [0.29, 0.717) is 5.95 Å². The third-order valence-corrected chi connectivity index (χ3v) is 4.41. The van der Waals surface area contributed by atoms with Gasteiger partial charge in [-0.25, -0.2) is 19.9 Å². The Hall–Kier alpha value is -3.67. The first-order chi connectivity index (χ1) is 12.9. The highest BCUT2D eigenvalue weighted by atomic mass is 15.1. The van der Waals surface area contributed by atoms with Gasteiger partial charge in [0.1, 0.15) is 6.33 Å². The normalized spacial score (nSPS) is 12.7. The molecule has 1 aliphatic carbocycles. The van der Waals surface area contributed by atoms with Gasteiger partial charge in [-0.3, -0.25) is 4.98 Å². The van der Waals surface area contributed by atoms with E-state index in [1.807, 2.05) is 30.6 Å². The molecule has 1 aromatic carbocycles. The number of anilines is 2. The minimum atomic E-state index is 0.594. The standard InChI is InChI=1S/C20H14N6/c1-3-18-14(10-22-12-24-18)9-13(1)16-2-4-19-17(16)11-23-20(26-19)25-15-5-7-21-8-6-15/h1-3,5-12H,4H2,(H,21,23,25,26). The van der Waals surface area contributed by atoms with Gasteiger partial charge in [-0.2, -0.15) is 0 Å². The van der Waals surface area contributed by atoms with Crippen molar-refractivity contribution in [1.29, 1.82) is 0 Å². The highest BCUT2D eigenvalue weighted by molar-refractivity contribution is 5.89. The third kappa shape index (κ3) is 2.57. The Kier molecular flexibility index (Phi) is 3.38. The van der Waals surface area contributed by atoms with Gasteiger partial charge in [-0.1, -0.05) is 12.1 Å². The van der Waals surface area contributed by atoms with E-state index in [2.05, 4.69) is 48.4 Å². The van der Waals surface area contributed by atoms with Crippen molar-refractivity contribution in [2.24, 2.45) is 0 Å². The molecule has 0 unspecified atom stereocenters. The first-order valence-corrected chi connectivity index (χ1v) is 8.30. The molecule has 1 N–H and O–H groups in total. The van der Waals surface area contributed by atoms with Crippen LogP contribution < -0.4 is 5.32 Å². The fourth-order valence-corrected chi connectivity index (χ4v) is 3.16. The summed E-state index contributed by atoms with van der Waals surface area (Å²) in [6.45, 7) is 0. The summed E-state index contributed by atoms with van der Waals surface area (Å²) in [5.41, 5.74) is 6.24. The number of hydrogen-bond donors (Lipinski definition) is 1. The molecule has 6 nitrogen and oxygen atoms in total. The zero-order valence-electron chi connectivity index (χ0n) is 13.8. The van der Waals surface area contributed by atoms with Crippen molar-refractivity contribution in [3.63, 3.8) is 0 Å². The summed E-state index contributed by atoms with van der Waals surface area (Å²) in [6.07, 6.45) is 11.7. The van der Waals surface area contributed by atoms with E-state index in [1.165, 1.54) is 0 Å². The SMILES string of the molecule is C1=C(c2ccc3ncncc3c2)c2cnc(Nc3ccncc3)nc2C1. The van der Waals surface area contributed by atoms with Crippen LogP contribution in [-0.4, -0.2) is 24.9 Å². The average Bonchev–Trinajstić information content (AvgIpc) is 3.12. The van der Waals surface area contributed by atoms with Crippen molar-refractivity contribution in [2.75, 3.05) is 5.32 Å². The van der Waals surface area contributed by atoms with Crippen LogP contribution in [0.1, 0.15) is 16.8 Å². The van der Waals surface area contributed by atoms with Crippen LogP contribution >= 0.6 is 0 Å². The van der Waals surface area contributed by atoms with Gasteiger partial charge in [0.2, 0.25) is 5.95 Å². The number of nitrogens with one attached hydrogen (secondary N) is 1.